The summed E-state index contributed by atoms with van der Waals surface area (Å²) < 4.78 is 6.17. The number of para-hydroxylation sites is 1. The van der Waals surface area contributed by atoms with E-state index in [1.54, 1.807) is 7.05 Å². The van der Waals surface area contributed by atoms with Gasteiger partial charge in [0.15, 0.2) is 0 Å². The third-order valence-corrected chi connectivity index (χ3v) is 6.14. The Balaban J connectivity index is 1.37. The van der Waals surface area contributed by atoms with Crippen LogP contribution in [0.3, 0.4) is 0 Å². The zero-order chi connectivity index (χ0) is 17.9. The molecule has 0 unspecified atom stereocenters. The van der Waals surface area contributed by atoms with Crippen LogP contribution in [0.15, 0.2) is 30.3 Å². The van der Waals surface area contributed by atoms with Crippen molar-refractivity contribution in [2.24, 2.45) is 5.92 Å². The predicted molar refractivity (Wildman–Crippen MR) is 102 cm³/mol. The summed E-state index contributed by atoms with van der Waals surface area (Å²) in [4.78, 5) is 17.5. The Hall–Kier alpha value is -1.59. The van der Waals surface area contributed by atoms with Crippen LogP contribution in [0.2, 0.25) is 0 Å². The molecule has 1 aromatic carbocycles. The number of piperidine rings is 1. The van der Waals surface area contributed by atoms with Crippen molar-refractivity contribution < 1.29 is 9.53 Å². The summed E-state index contributed by atoms with van der Waals surface area (Å²) in [7, 11) is 1.74. The molecule has 4 rings (SSSR count). The van der Waals surface area contributed by atoms with Crippen LogP contribution >= 0.6 is 0 Å². The molecule has 1 aliphatic carbocycles. The van der Waals surface area contributed by atoms with E-state index in [1.807, 2.05) is 30.3 Å². The molecule has 1 aromatic rings. The molecule has 26 heavy (non-hydrogen) atoms. The lowest BCUT2D eigenvalue weighted by atomic mass is 10.0. The van der Waals surface area contributed by atoms with E-state index in [0.29, 0.717) is 6.04 Å². The first-order valence-electron chi connectivity index (χ1n) is 10.1. The summed E-state index contributed by atoms with van der Waals surface area (Å²) in [5.41, 5.74) is 0. The second-order valence-corrected chi connectivity index (χ2v) is 8.09. The van der Waals surface area contributed by atoms with Crippen LogP contribution in [0, 0.1) is 5.92 Å². The molecule has 2 aliphatic heterocycles. The minimum absolute atomic E-state index is 0.0614. The van der Waals surface area contributed by atoms with Gasteiger partial charge in [0.25, 0.3) is 0 Å². The van der Waals surface area contributed by atoms with Crippen molar-refractivity contribution in [3.8, 4) is 5.75 Å². The Morgan fingerprint density at radius 3 is 2.54 bits per heavy atom. The largest absolute Gasteiger partial charge is 0.489 e. The molecular formula is C21H31N3O2. The summed E-state index contributed by atoms with van der Waals surface area (Å²) >= 11 is 0. The first kappa shape index (κ1) is 17.8. The summed E-state index contributed by atoms with van der Waals surface area (Å²) in [5.74, 6) is 1.99. The van der Waals surface area contributed by atoms with Crippen LogP contribution in [-0.2, 0) is 4.79 Å². The van der Waals surface area contributed by atoms with Gasteiger partial charge in [-0.25, -0.2) is 0 Å². The first-order chi connectivity index (χ1) is 12.7. The lowest BCUT2D eigenvalue weighted by Crippen LogP contribution is -2.51. The van der Waals surface area contributed by atoms with Gasteiger partial charge in [-0.1, -0.05) is 18.2 Å². The number of likely N-dealkylation sites (tertiary alicyclic amines) is 2. The van der Waals surface area contributed by atoms with E-state index in [0.717, 1.165) is 37.5 Å². The van der Waals surface area contributed by atoms with Gasteiger partial charge < -0.3 is 15.0 Å². The minimum atomic E-state index is -0.0614. The third-order valence-electron chi connectivity index (χ3n) is 6.14. The van der Waals surface area contributed by atoms with Gasteiger partial charge in [-0.2, -0.15) is 0 Å². The number of hydrogen-bond donors (Lipinski definition) is 1. The predicted octanol–water partition coefficient (Wildman–Crippen LogP) is 2.13. The van der Waals surface area contributed by atoms with Gasteiger partial charge in [-0.3, -0.25) is 9.69 Å². The van der Waals surface area contributed by atoms with Crippen LogP contribution < -0.4 is 10.1 Å². The van der Waals surface area contributed by atoms with E-state index in [4.69, 9.17) is 4.74 Å². The van der Waals surface area contributed by atoms with E-state index in [-0.39, 0.29) is 18.1 Å². The van der Waals surface area contributed by atoms with Crippen LogP contribution in [0.5, 0.6) is 5.75 Å². The Labute approximate surface area is 156 Å². The second kappa shape index (κ2) is 7.97. The lowest BCUT2D eigenvalue weighted by Gasteiger charge is -2.38. The number of hydrogen-bond acceptors (Lipinski definition) is 4. The standard InChI is InChI=1S/C21H31N3O2/c1-22-21(25)20-13-19(26-18-5-3-2-4-6-18)15-24(20)17-9-11-23(12-10-17)14-16-7-8-16/h2-6,16-17,19-20H,7-15H2,1H3,(H,22,25)/t19-,20-/m0/s1. The molecule has 142 valence electrons. The molecule has 3 aliphatic rings. The molecule has 0 aromatic heterocycles. The zero-order valence-electron chi connectivity index (χ0n) is 15.8. The van der Waals surface area contributed by atoms with Crippen LogP contribution in [0.4, 0.5) is 0 Å². The van der Waals surface area contributed by atoms with Gasteiger partial charge in [0.1, 0.15) is 11.9 Å². The molecule has 5 nitrogen and oxygen atoms in total. The fourth-order valence-electron chi connectivity index (χ4n) is 4.53. The fraction of sp³-hybridized carbons (Fsp3) is 0.667. The maximum atomic E-state index is 12.5. The number of likely N-dealkylation sites (N-methyl/N-ethyl adjacent to an activating group) is 1. The lowest BCUT2D eigenvalue weighted by molar-refractivity contribution is -0.126. The molecular weight excluding hydrogens is 326 g/mol. The Morgan fingerprint density at radius 2 is 1.88 bits per heavy atom. The normalized spacial score (nSPS) is 28.2. The highest BCUT2D eigenvalue weighted by Gasteiger charge is 2.42. The van der Waals surface area contributed by atoms with Gasteiger partial charge in [0.2, 0.25) is 5.91 Å². The Kier molecular flexibility index (Phi) is 5.46. The zero-order valence-corrected chi connectivity index (χ0v) is 15.8. The average Bonchev–Trinajstić information content (AvgIpc) is 3.39. The Morgan fingerprint density at radius 1 is 1.15 bits per heavy atom. The highest BCUT2D eigenvalue weighted by molar-refractivity contribution is 5.81. The molecule has 1 saturated carbocycles. The molecule has 0 spiro atoms. The number of carbonyl (C=O) groups is 1. The van der Waals surface area contributed by atoms with Crippen molar-refractivity contribution in [2.45, 2.75) is 50.3 Å². The topological polar surface area (TPSA) is 44.8 Å². The molecule has 0 bridgehead atoms. The van der Waals surface area contributed by atoms with Gasteiger partial charge in [0, 0.05) is 32.6 Å². The summed E-state index contributed by atoms with van der Waals surface area (Å²) in [5, 5.41) is 2.86. The van der Waals surface area contributed by atoms with Crippen molar-refractivity contribution in [1.82, 2.24) is 15.1 Å². The van der Waals surface area contributed by atoms with Gasteiger partial charge in [-0.15, -0.1) is 0 Å². The number of nitrogens with zero attached hydrogens (tertiary/aromatic N) is 2. The van der Waals surface area contributed by atoms with Crippen LogP contribution in [0.25, 0.3) is 0 Å². The van der Waals surface area contributed by atoms with Gasteiger partial charge in [0.05, 0.1) is 6.04 Å². The average molecular weight is 357 g/mol. The molecule has 2 saturated heterocycles. The van der Waals surface area contributed by atoms with Crippen molar-refractivity contribution in [1.29, 1.82) is 0 Å². The maximum absolute atomic E-state index is 12.5. The van der Waals surface area contributed by atoms with E-state index in [2.05, 4.69) is 15.1 Å². The Bertz CT molecular complexity index is 597. The van der Waals surface area contributed by atoms with Crippen molar-refractivity contribution >= 4 is 5.91 Å². The fourth-order valence-corrected chi connectivity index (χ4v) is 4.53. The van der Waals surface area contributed by atoms with Crippen molar-refractivity contribution in [3.05, 3.63) is 30.3 Å². The third kappa shape index (κ3) is 4.21. The quantitative estimate of drug-likeness (QED) is 0.847. The van der Waals surface area contributed by atoms with E-state index < -0.39 is 0 Å². The highest BCUT2D eigenvalue weighted by Crippen LogP contribution is 2.32. The van der Waals surface area contributed by atoms with Gasteiger partial charge in [-0.05, 0) is 56.8 Å². The molecule has 0 radical (unpaired) electrons. The molecule has 3 fully saturated rings. The van der Waals surface area contributed by atoms with E-state index in [1.165, 1.54) is 32.5 Å². The van der Waals surface area contributed by atoms with E-state index in [9.17, 15) is 4.79 Å². The summed E-state index contributed by atoms with van der Waals surface area (Å²) in [6.45, 7) is 4.47. The van der Waals surface area contributed by atoms with E-state index >= 15 is 0 Å². The van der Waals surface area contributed by atoms with Crippen molar-refractivity contribution in [2.75, 3.05) is 33.2 Å². The maximum Gasteiger partial charge on any atom is 0.237 e. The van der Waals surface area contributed by atoms with Crippen molar-refractivity contribution in [3.63, 3.8) is 0 Å². The number of amides is 1. The number of carbonyl (C=O) groups excluding carboxylic acids is 1. The number of rotatable bonds is 6. The summed E-state index contributed by atoms with van der Waals surface area (Å²) in [6, 6.07) is 10.4. The molecule has 1 N–H and O–H groups in total. The van der Waals surface area contributed by atoms with Crippen LogP contribution in [-0.4, -0.2) is 67.1 Å². The number of benzene rings is 1. The first-order valence-corrected chi connectivity index (χ1v) is 10.1. The molecule has 2 heterocycles. The second-order valence-electron chi connectivity index (χ2n) is 8.09. The SMILES string of the molecule is CNC(=O)[C@@H]1C[C@H](Oc2ccccc2)CN1C1CCN(CC2CC2)CC1. The molecule has 1 amide bonds. The summed E-state index contributed by atoms with van der Waals surface area (Å²) in [6.07, 6.45) is 6.03. The highest BCUT2D eigenvalue weighted by atomic mass is 16.5. The smallest absolute Gasteiger partial charge is 0.237 e. The monoisotopic (exact) mass is 357 g/mol. The number of nitrogens with one attached hydrogen (secondary N) is 1. The van der Waals surface area contributed by atoms with Gasteiger partial charge >= 0.3 is 0 Å². The molecule has 5 heteroatoms. The minimum Gasteiger partial charge on any atom is -0.489 e. The number of ether oxygens (including phenoxy) is 1. The molecule has 2 atom stereocenters. The van der Waals surface area contributed by atoms with Crippen LogP contribution in [0.1, 0.15) is 32.1 Å².